The maximum Gasteiger partial charge on any atom is 0.350 e. The van der Waals surface area contributed by atoms with Crippen LogP contribution in [0.2, 0.25) is 0 Å². The zero-order chi connectivity index (χ0) is 22.0. The topological polar surface area (TPSA) is 90.3 Å². The van der Waals surface area contributed by atoms with Gasteiger partial charge in [-0.1, -0.05) is 23.0 Å². The number of anilines is 1. The highest BCUT2D eigenvalue weighted by atomic mass is 32.1. The van der Waals surface area contributed by atoms with Crippen molar-refractivity contribution in [2.75, 3.05) is 11.9 Å². The summed E-state index contributed by atoms with van der Waals surface area (Å²) in [6.45, 7) is 9.87. The van der Waals surface area contributed by atoms with E-state index < -0.39 is 5.97 Å². The van der Waals surface area contributed by atoms with Crippen LogP contribution in [0.1, 0.15) is 45.4 Å². The van der Waals surface area contributed by atoms with E-state index in [1.807, 2.05) is 26.8 Å². The third kappa shape index (κ3) is 4.43. The second kappa shape index (κ2) is 8.79. The van der Waals surface area contributed by atoms with Crippen LogP contribution in [0.4, 0.5) is 5.13 Å². The molecule has 0 bridgehead atoms. The minimum Gasteiger partial charge on any atom is -0.462 e. The molecule has 8 heteroatoms. The summed E-state index contributed by atoms with van der Waals surface area (Å²) in [6, 6.07) is 5.70. The van der Waals surface area contributed by atoms with Crippen LogP contribution in [0.3, 0.4) is 0 Å². The fourth-order valence-electron chi connectivity index (χ4n) is 3.52. The number of aromatic nitrogens is 2. The van der Waals surface area contributed by atoms with E-state index in [2.05, 4.69) is 16.4 Å². The number of nitrogens with one attached hydrogen (secondary N) is 1. The van der Waals surface area contributed by atoms with Crippen LogP contribution in [0, 0.1) is 27.7 Å². The molecule has 0 radical (unpaired) electrons. The van der Waals surface area contributed by atoms with E-state index in [4.69, 9.17) is 4.74 Å². The molecule has 30 heavy (non-hydrogen) atoms. The van der Waals surface area contributed by atoms with Crippen molar-refractivity contribution in [1.29, 1.82) is 0 Å². The van der Waals surface area contributed by atoms with Crippen molar-refractivity contribution in [3.63, 3.8) is 0 Å². The summed E-state index contributed by atoms with van der Waals surface area (Å²) in [4.78, 5) is 41.6. The number of nitrogens with zero attached hydrogens (tertiary/aromatic N) is 2. The number of ether oxygens (including phenoxy) is 1. The molecule has 7 nitrogen and oxygen atoms in total. The van der Waals surface area contributed by atoms with Crippen molar-refractivity contribution < 1.29 is 14.3 Å². The van der Waals surface area contributed by atoms with Gasteiger partial charge in [-0.25, -0.2) is 9.78 Å². The third-order valence-electron chi connectivity index (χ3n) is 4.81. The maximum atomic E-state index is 12.6. The molecule has 2 heterocycles. The Labute approximate surface area is 178 Å². The first-order chi connectivity index (χ1) is 14.2. The lowest BCUT2D eigenvalue weighted by Gasteiger charge is -2.15. The summed E-state index contributed by atoms with van der Waals surface area (Å²) in [5, 5.41) is 4.08. The van der Waals surface area contributed by atoms with Crippen LogP contribution in [-0.2, 0) is 16.1 Å². The molecule has 0 unspecified atom stereocenters. The number of benzene rings is 1. The average molecular weight is 428 g/mol. The van der Waals surface area contributed by atoms with Gasteiger partial charge in [-0.2, -0.15) is 0 Å². The first-order valence-corrected chi connectivity index (χ1v) is 10.6. The second-order valence-corrected chi connectivity index (χ2v) is 8.25. The SMILES string of the molecule is CCOC(=O)c1sc(NC(=O)CCn2c(=O)cc(C)c3cc(C)cc(C)c32)nc1C. The highest BCUT2D eigenvalue weighted by molar-refractivity contribution is 7.17. The van der Waals surface area contributed by atoms with E-state index in [1.165, 1.54) is 0 Å². The van der Waals surface area contributed by atoms with Crippen LogP contribution in [0.15, 0.2) is 23.0 Å². The van der Waals surface area contributed by atoms with Gasteiger partial charge in [0.05, 0.1) is 17.8 Å². The quantitative estimate of drug-likeness (QED) is 0.603. The number of carbonyl (C=O) groups is 2. The molecular weight excluding hydrogens is 402 g/mol. The molecule has 1 N–H and O–H groups in total. The summed E-state index contributed by atoms with van der Waals surface area (Å²) in [5.41, 5.74) is 4.29. The maximum absolute atomic E-state index is 12.6. The molecule has 2 aromatic heterocycles. The van der Waals surface area contributed by atoms with E-state index in [9.17, 15) is 14.4 Å². The second-order valence-electron chi connectivity index (χ2n) is 7.25. The van der Waals surface area contributed by atoms with Crippen molar-refractivity contribution in [1.82, 2.24) is 9.55 Å². The summed E-state index contributed by atoms with van der Waals surface area (Å²) >= 11 is 1.08. The number of carbonyl (C=O) groups excluding carboxylic acids is 2. The fraction of sp³-hybridized carbons (Fsp3) is 0.364. The van der Waals surface area contributed by atoms with E-state index in [0.717, 1.165) is 38.9 Å². The zero-order valence-corrected chi connectivity index (χ0v) is 18.6. The highest BCUT2D eigenvalue weighted by Crippen LogP contribution is 2.24. The Morgan fingerprint density at radius 3 is 2.57 bits per heavy atom. The molecule has 0 saturated carbocycles. The van der Waals surface area contributed by atoms with Gasteiger partial charge in [-0.15, -0.1) is 0 Å². The van der Waals surface area contributed by atoms with E-state index in [1.54, 1.807) is 24.5 Å². The standard InChI is InChI=1S/C22H25N3O4S/c1-6-29-21(28)20-15(5)23-22(30-20)24-17(26)7-8-25-18(27)11-13(3)16-10-12(2)9-14(4)19(16)25/h9-11H,6-8H2,1-5H3,(H,23,24,26). The highest BCUT2D eigenvalue weighted by Gasteiger charge is 2.18. The van der Waals surface area contributed by atoms with Crippen molar-refractivity contribution in [2.24, 2.45) is 0 Å². The molecule has 0 aliphatic heterocycles. The Hall–Kier alpha value is -3.00. The Morgan fingerprint density at radius 2 is 1.87 bits per heavy atom. The van der Waals surface area contributed by atoms with Crippen LogP contribution in [0.5, 0.6) is 0 Å². The number of hydrogen-bond acceptors (Lipinski definition) is 6. The summed E-state index contributed by atoms with van der Waals surface area (Å²) in [7, 11) is 0. The van der Waals surface area contributed by atoms with Gasteiger partial charge in [-0.3, -0.25) is 9.59 Å². The van der Waals surface area contributed by atoms with Crippen LogP contribution < -0.4 is 10.9 Å². The van der Waals surface area contributed by atoms with Crippen LogP contribution in [0.25, 0.3) is 10.9 Å². The molecule has 0 fully saturated rings. The average Bonchev–Trinajstić information content (AvgIpc) is 3.02. The number of hydrogen-bond donors (Lipinski definition) is 1. The van der Waals surface area contributed by atoms with Gasteiger partial charge in [-0.05, 0) is 51.8 Å². The first kappa shape index (κ1) is 21.7. The molecule has 0 aliphatic rings. The van der Waals surface area contributed by atoms with Gasteiger partial charge in [0.2, 0.25) is 5.91 Å². The molecular formula is C22H25N3O4S. The largest absolute Gasteiger partial charge is 0.462 e. The lowest BCUT2D eigenvalue weighted by molar-refractivity contribution is -0.116. The Morgan fingerprint density at radius 1 is 1.13 bits per heavy atom. The van der Waals surface area contributed by atoms with Gasteiger partial charge in [0.1, 0.15) is 4.88 Å². The number of amides is 1. The fourth-order valence-corrected chi connectivity index (χ4v) is 4.40. The van der Waals surface area contributed by atoms with Gasteiger partial charge in [0.15, 0.2) is 5.13 Å². The molecule has 0 saturated heterocycles. The van der Waals surface area contributed by atoms with E-state index in [0.29, 0.717) is 15.7 Å². The number of thiazole rings is 1. The predicted octanol–water partition coefficient (Wildman–Crippen LogP) is 3.90. The molecule has 0 spiro atoms. The van der Waals surface area contributed by atoms with E-state index >= 15 is 0 Å². The minimum absolute atomic E-state index is 0.110. The molecule has 3 aromatic rings. The molecule has 0 atom stereocenters. The number of aryl methyl sites for hydroxylation is 5. The van der Waals surface area contributed by atoms with Crippen LogP contribution >= 0.6 is 11.3 Å². The Kier molecular flexibility index (Phi) is 6.36. The van der Waals surface area contributed by atoms with Crippen molar-refractivity contribution >= 4 is 39.2 Å². The van der Waals surface area contributed by atoms with Crippen molar-refractivity contribution in [3.8, 4) is 0 Å². The summed E-state index contributed by atoms with van der Waals surface area (Å²) in [6.07, 6.45) is 0.110. The first-order valence-electron chi connectivity index (χ1n) is 9.77. The lowest BCUT2D eigenvalue weighted by atomic mass is 10.0. The Balaban J connectivity index is 1.79. The predicted molar refractivity (Wildman–Crippen MR) is 118 cm³/mol. The zero-order valence-electron chi connectivity index (χ0n) is 17.8. The third-order valence-corrected chi connectivity index (χ3v) is 5.86. The van der Waals surface area contributed by atoms with Crippen molar-refractivity contribution in [2.45, 2.75) is 47.6 Å². The Bertz CT molecular complexity index is 1190. The molecule has 3 rings (SSSR count). The number of esters is 1. The molecule has 1 aromatic carbocycles. The summed E-state index contributed by atoms with van der Waals surface area (Å²) < 4.78 is 6.64. The molecule has 0 aliphatic carbocycles. The number of fused-ring (bicyclic) bond motifs is 1. The van der Waals surface area contributed by atoms with Gasteiger partial charge >= 0.3 is 5.97 Å². The normalized spacial score (nSPS) is 11.0. The number of pyridine rings is 1. The number of rotatable bonds is 6. The molecule has 158 valence electrons. The minimum atomic E-state index is -0.448. The molecule has 1 amide bonds. The van der Waals surface area contributed by atoms with Gasteiger partial charge in [0.25, 0.3) is 5.56 Å². The van der Waals surface area contributed by atoms with E-state index in [-0.39, 0.29) is 31.0 Å². The monoisotopic (exact) mass is 427 g/mol. The smallest absolute Gasteiger partial charge is 0.350 e. The van der Waals surface area contributed by atoms with Gasteiger partial charge < -0.3 is 14.6 Å². The van der Waals surface area contributed by atoms with Crippen LogP contribution in [-0.4, -0.2) is 28.0 Å². The van der Waals surface area contributed by atoms with Crippen molar-refractivity contribution in [3.05, 3.63) is 55.8 Å². The lowest BCUT2D eigenvalue weighted by Crippen LogP contribution is -2.24. The van der Waals surface area contributed by atoms with Gasteiger partial charge in [0, 0.05) is 24.4 Å². The summed E-state index contributed by atoms with van der Waals surface area (Å²) in [5.74, 6) is -0.721.